The molecule has 0 saturated carbocycles. The standard InChI is InChI=1S/C13H12N2O2S/c1-10-7-14-13(17)15(8-10)9-12-11(3-2-5-16)4-6-18-12/h4,6-8,16H,5,9H2,1H3. The van der Waals surface area contributed by atoms with Crippen LogP contribution in [0.1, 0.15) is 16.0 Å². The van der Waals surface area contributed by atoms with Gasteiger partial charge in [0, 0.05) is 22.8 Å². The van der Waals surface area contributed by atoms with Crippen molar-refractivity contribution in [2.24, 2.45) is 0 Å². The summed E-state index contributed by atoms with van der Waals surface area (Å²) in [4.78, 5) is 16.4. The van der Waals surface area contributed by atoms with Gasteiger partial charge in [-0.15, -0.1) is 11.3 Å². The molecule has 2 aromatic rings. The maximum atomic E-state index is 11.6. The molecule has 0 unspecified atom stereocenters. The Balaban J connectivity index is 2.32. The van der Waals surface area contributed by atoms with Crippen molar-refractivity contribution in [2.75, 3.05) is 6.61 Å². The van der Waals surface area contributed by atoms with E-state index in [1.807, 2.05) is 18.4 Å². The summed E-state index contributed by atoms with van der Waals surface area (Å²) in [6.07, 6.45) is 3.33. The molecule has 18 heavy (non-hydrogen) atoms. The Morgan fingerprint density at radius 2 is 2.39 bits per heavy atom. The fourth-order valence-corrected chi connectivity index (χ4v) is 2.37. The third-order valence-corrected chi connectivity index (χ3v) is 3.25. The molecule has 1 N–H and O–H groups in total. The third kappa shape index (κ3) is 2.86. The first-order chi connectivity index (χ1) is 8.70. The zero-order valence-electron chi connectivity index (χ0n) is 9.88. The number of hydrogen-bond donors (Lipinski definition) is 1. The van der Waals surface area contributed by atoms with Crippen molar-refractivity contribution in [1.82, 2.24) is 9.55 Å². The molecule has 0 atom stereocenters. The Hall–Kier alpha value is -1.90. The molecular formula is C13H12N2O2S. The molecule has 0 fully saturated rings. The average Bonchev–Trinajstić information content (AvgIpc) is 2.79. The second-order valence-corrected chi connectivity index (χ2v) is 4.76. The minimum Gasteiger partial charge on any atom is -0.384 e. The summed E-state index contributed by atoms with van der Waals surface area (Å²) in [5, 5.41) is 10.6. The molecule has 0 saturated heterocycles. The summed E-state index contributed by atoms with van der Waals surface area (Å²) in [5.74, 6) is 5.48. The Morgan fingerprint density at radius 1 is 1.56 bits per heavy atom. The van der Waals surface area contributed by atoms with E-state index in [2.05, 4.69) is 16.8 Å². The summed E-state index contributed by atoms with van der Waals surface area (Å²) in [6, 6.07) is 1.89. The van der Waals surface area contributed by atoms with Crippen LogP contribution in [0.3, 0.4) is 0 Å². The molecule has 0 aromatic carbocycles. The van der Waals surface area contributed by atoms with Gasteiger partial charge in [-0.05, 0) is 23.9 Å². The maximum Gasteiger partial charge on any atom is 0.347 e. The van der Waals surface area contributed by atoms with E-state index in [0.29, 0.717) is 6.54 Å². The molecule has 2 rings (SSSR count). The summed E-state index contributed by atoms with van der Waals surface area (Å²) < 4.78 is 1.56. The van der Waals surface area contributed by atoms with Crippen molar-refractivity contribution >= 4 is 11.3 Å². The van der Waals surface area contributed by atoms with Crippen LogP contribution in [0.4, 0.5) is 0 Å². The van der Waals surface area contributed by atoms with E-state index in [-0.39, 0.29) is 12.3 Å². The molecular weight excluding hydrogens is 248 g/mol. The van der Waals surface area contributed by atoms with E-state index >= 15 is 0 Å². The van der Waals surface area contributed by atoms with Crippen molar-refractivity contribution in [3.63, 3.8) is 0 Å². The lowest BCUT2D eigenvalue weighted by Crippen LogP contribution is -2.22. The zero-order chi connectivity index (χ0) is 13.0. The number of thiophene rings is 1. The van der Waals surface area contributed by atoms with E-state index in [9.17, 15) is 4.79 Å². The van der Waals surface area contributed by atoms with Crippen molar-refractivity contribution in [1.29, 1.82) is 0 Å². The van der Waals surface area contributed by atoms with Gasteiger partial charge >= 0.3 is 5.69 Å². The fourth-order valence-electron chi connectivity index (χ4n) is 1.54. The number of rotatable bonds is 2. The lowest BCUT2D eigenvalue weighted by Gasteiger charge is -2.04. The van der Waals surface area contributed by atoms with Gasteiger partial charge in [-0.2, -0.15) is 0 Å². The Kier molecular flexibility index (Phi) is 3.92. The molecule has 0 spiro atoms. The second kappa shape index (κ2) is 5.63. The van der Waals surface area contributed by atoms with Gasteiger partial charge in [0.1, 0.15) is 6.61 Å². The van der Waals surface area contributed by atoms with Crippen LogP contribution in [-0.2, 0) is 6.54 Å². The van der Waals surface area contributed by atoms with Gasteiger partial charge in [0.2, 0.25) is 0 Å². The van der Waals surface area contributed by atoms with E-state index in [1.54, 1.807) is 17.0 Å². The molecule has 0 aliphatic carbocycles. The Bertz CT molecular complexity index is 661. The highest BCUT2D eigenvalue weighted by Crippen LogP contribution is 2.16. The van der Waals surface area contributed by atoms with Crippen molar-refractivity contribution < 1.29 is 5.11 Å². The lowest BCUT2D eigenvalue weighted by atomic mass is 10.2. The SMILES string of the molecule is Cc1cnc(=O)n(Cc2sccc2C#CCO)c1. The number of nitrogens with zero attached hydrogens (tertiary/aromatic N) is 2. The minimum absolute atomic E-state index is 0.165. The van der Waals surface area contributed by atoms with E-state index < -0.39 is 0 Å². The van der Waals surface area contributed by atoms with Gasteiger partial charge in [-0.25, -0.2) is 9.78 Å². The van der Waals surface area contributed by atoms with E-state index in [1.165, 1.54) is 11.3 Å². The van der Waals surface area contributed by atoms with Gasteiger partial charge in [0.15, 0.2) is 0 Å². The van der Waals surface area contributed by atoms with Crippen LogP contribution in [0.25, 0.3) is 0 Å². The van der Waals surface area contributed by atoms with Crippen molar-refractivity contribution in [3.05, 3.63) is 50.3 Å². The first-order valence-electron chi connectivity index (χ1n) is 5.40. The van der Waals surface area contributed by atoms with Gasteiger partial charge in [0.05, 0.1) is 6.54 Å². The average molecular weight is 260 g/mol. The number of aryl methyl sites for hydroxylation is 1. The lowest BCUT2D eigenvalue weighted by molar-refractivity contribution is 0.350. The van der Waals surface area contributed by atoms with Gasteiger partial charge < -0.3 is 5.11 Å². The first kappa shape index (κ1) is 12.6. The molecule has 5 heteroatoms. The fraction of sp³-hybridized carbons (Fsp3) is 0.231. The maximum absolute atomic E-state index is 11.6. The summed E-state index contributed by atoms with van der Waals surface area (Å²) >= 11 is 1.54. The number of hydrogen-bond acceptors (Lipinski definition) is 4. The van der Waals surface area contributed by atoms with Crippen molar-refractivity contribution in [3.8, 4) is 11.8 Å². The Labute approximate surface area is 109 Å². The summed E-state index contributed by atoms with van der Waals surface area (Å²) in [7, 11) is 0. The van der Waals surface area contributed by atoms with Crippen LogP contribution in [0.5, 0.6) is 0 Å². The van der Waals surface area contributed by atoms with Crippen LogP contribution in [0, 0.1) is 18.8 Å². The molecule has 2 heterocycles. The predicted molar refractivity (Wildman–Crippen MR) is 70.6 cm³/mol. The predicted octanol–water partition coefficient (Wildman–Crippen LogP) is 1.01. The Morgan fingerprint density at radius 3 is 3.17 bits per heavy atom. The quantitative estimate of drug-likeness (QED) is 0.820. The normalized spacial score (nSPS) is 9.89. The van der Waals surface area contributed by atoms with Crippen LogP contribution in [0.15, 0.2) is 28.6 Å². The van der Waals surface area contributed by atoms with E-state index in [4.69, 9.17) is 5.11 Å². The van der Waals surface area contributed by atoms with Crippen LogP contribution >= 0.6 is 11.3 Å². The largest absolute Gasteiger partial charge is 0.384 e. The van der Waals surface area contributed by atoms with Gasteiger partial charge in [0.25, 0.3) is 0 Å². The van der Waals surface area contributed by atoms with Gasteiger partial charge in [-0.1, -0.05) is 11.8 Å². The highest BCUT2D eigenvalue weighted by Gasteiger charge is 2.05. The molecule has 92 valence electrons. The highest BCUT2D eigenvalue weighted by molar-refractivity contribution is 7.10. The molecule has 0 aliphatic heterocycles. The third-order valence-electron chi connectivity index (χ3n) is 2.35. The number of aliphatic hydroxyl groups is 1. The summed E-state index contributed by atoms with van der Waals surface area (Å²) in [5.41, 5.74) is 1.52. The molecule has 0 amide bonds. The van der Waals surface area contributed by atoms with Crippen molar-refractivity contribution in [2.45, 2.75) is 13.5 Å². The first-order valence-corrected chi connectivity index (χ1v) is 6.28. The summed E-state index contributed by atoms with van der Waals surface area (Å²) in [6.45, 7) is 2.19. The molecule has 0 aliphatic rings. The number of aliphatic hydroxyl groups excluding tert-OH is 1. The van der Waals surface area contributed by atoms with Crippen LogP contribution in [0.2, 0.25) is 0 Å². The zero-order valence-corrected chi connectivity index (χ0v) is 10.7. The number of aromatic nitrogens is 2. The second-order valence-electron chi connectivity index (χ2n) is 3.76. The smallest absolute Gasteiger partial charge is 0.347 e. The van der Waals surface area contributed by atoms with E-state index in [0.717, 1.165) is 16.0 Å². The molecule has 0 bridgehead atoms. The molecule has 2 aromatic heterocycles. The molecule has 4 nitrogen and oxygen atoms in total. The van der Waals surface area contributed by atoms with Crippen LogP contribution in [-0.4, -0.2) is 21.3 Å². The van der Waals surface area contributed by atoms with Gasteiger partial charge in [-0.3, -0.25) is 4.57 Å². The minimum atomic E-state index is -0.268. The highest BCUT2D eigenvalue weighted by atomic mass is 32.1. The topological polar surface area (TPSA) is 55.1 Å². The monoisotopic (exact) mass is 260 g/mol. The molecule has 0 radical (unpaired) electrons. The van der Waals surface area contributed by atoms with Crippen LogP contribution < -0.4 is 5.69 Å².